The molecule has 0 fully saturated rings. The lowest BCUT2D eigenvalue weighted by atomic mass is 10.1. The maximum Gasteiger partial charge on any atom is 0.0854 e. The predicted molar refractivity (Wildman–Crippen MR) is 74.9 cm³/mol. The zero-order chi connectivity index (χ0) is 11.5. The molecule has 0 aliphatic rings. The van der Waals surface area contributed by atoms with Gasteiger partial charge in [0.05, 0.1) is 11.7 Å². The zero-order valence-corrected chi connectivity index (χ0v) is 12.6. The number of aromatic nitrogens is 1. The van der Waals surface area contributed by atoms with E-state index in [9.17, 15) is 0 Å². The molecule has 2 aromatic heterocycles. The second-order valence-electron chi connectivity index (χ2n) is 3.26. The van der Waals surface area contributed by atoms with Gasteiger partial charge in [0.15, 0.2) is 0 Å². The van der Waals surface area contributed by atoms with Crippen molar-refractivity contribution in [3.8, 4) is 0 Å². The average molecular weight is 362 g/mol. The van der Waals surface area contributed by atoms with E-state index in [1.807, 2.05) is 19.3 Å². The fourth-order valence-corrected chi connectivity index (χ4v) is 3.56. The van der Waals surface area contributed by atoms with Crippen molar-refractivity contribution < 1.29 is 0 Å². The molecule has 0 aliphatic carbocycles. The molecular formula is C11H10Br2N2S. The fourth-order valence-electron chi connectivity index (χ4n) is 1.51. The molecule has 1 atom stereocenters. The van der Waals surface area contributed by atoms with Gasteiger partial charge in [-0.3, -0.25) is 4.98 Å². The summed E-state index contributed by atoms with van der Waals surface area (Å²) in [6, 6.07) is 6.32. The van der Waals surface area contributed by atoms with Crippen LogP contribution in [0, 0.1) is 0 Å². The van der Waals surface area contributed by atoms with Crippen LogP contribution in [-0.4, -0.2) is 12.0 Å². The van der Waals surface area contributed by atoms with E-state index in [1.165, 1.54) is 4.88 Å². The summed E-state index contributed by atoms with van der Waals surface area (Å²) in [7, 11) is 1.94. The first kappa shape index (κ1) is 12.2. The highest BCUT2D eigenvalue weighted by molar-refractivity contribution is 9.11. The number of nitrogens with one attached hydrogen (secondary N) is 1. The van der Waals surface area contributed by atoms with Crippen molar-refractivity contribution in [2.24, 2.45) is 0 Å². The fraction of sp³-hybridized carbons (Fsp3) is 0.182. The first-order chi connectivity index (χ1) is 7.72. The van der Waals surface area contributed by atoms with Gasteiger partial charge in [-0.2, -0.15) is 0 Å². The molecule has 0 saturated heterocycles. The zero-order valence-electron chi connectivity index (χ0n) is 8.58. The van der Waals surface area contributed by atoms with Crippen LogP contribution in [0.4, 0.5) is 0 Å². The van der Waals surface area contributed by atoms with Gasteiger partial charge in [0, 0.05) is 20.0 Å². The summed E-state index contributed by atoms with van der Waals surface area (Å²) in [6.07, 6.45) is 1.82. The second kappa shape index (κ2) is 5.40. The molecule has 0 saturated carbocycles. The van der Waals surface area contributed by atoms with Crippen LogP contribution in [0.3, 0.4) is 0 Å². The third kappa shape index (κ3) is 2.53. The first-order valence-corrected chi connectivity index (χ1v) is 7.20. The lowest BCUT2D eigenvalue weighted by molar-refractivity contribution is 0.678. The van der Waals surface area contributed by atoms with Crippen molar-refractivity contribution in [2.45, 2.75) is 6.04 Å². The van der Waals surface area contributed by atoms with Crippen molar-refractivity contribution in [2.75, 3.05) is 7.05 Å². The van der Waals surface area contributed by atoms with Gasteiger partial charge in [0.25, 0.3) is 0 Å². The summed E-state index contributed by atoms with van der Waals surface area (Å²) in [4.78, 5) is 5.72. The van der Waals surface area contributed by atoms with Crippen LogP contribution >= 0.6 is 43.2 Å². The molecule has 2 nitrogen and oxygen atoms in total. The van der Waals surface area contributed by atoms with E-state index in [0.717, 1.165) is 14.6 Å². The molecule has 2 rings (SSSR count). The van der Waals surface area contributed by atoms with E-state index in [1.54, 1.807) is 11.3 Å². The Balaban J connectivity index is 2.41. The largest absolute Gasteiger partial charge is 0.307 e. The number of thiophene rings is 1. The molecule has 2 aromatic rings. The molecule has 1 N–H and O–H groups in total. The monoisotopic (exact) mass is 360 g/mol. The third-order valence-corrected chi connectivity index (χ3v) is 4.23. The minimum atomic E-state index is 0.141. The third-order valence-electron chi connectivity index (χ3n) is 2.23. The molecular weight excluding hydrogens is 352 g/mol. The van der Waals surface area contributed by atoms with Gasteiger partial charge in [-0.25, -0.2) is 0 Å². The topological polar surface area (TPSA) is 24.9 Å². The van der Waals surface area contributed by atoms with E-state index in [0.29, 0.717) is 0 Å². The molecule has 0 aliphatic heterocycles. The minimum absolute atomic E-state index is 0.141. The normalized spacial score (nSPS) is 12.7. The standard InChI is InChI=1S/C11H10Br2N2S/c1-14-11(9-3-2-4-16-9)10-8(13)5-7(12)6-15-10/h2-6,11,14H,1H3. The highest BCUT2D eigenvalue weighted by Crippen LogP contribution is 2.30. The quantitative estimate of drug-likeness (QED) is 0.894. The van der Waals surface area contributed by atoms with E-state index in [2.05, 4.69) is 59.7 Å². The molecule has 0 aromatic carbocycles. The minimum Gasteiger partial charge on any atom is -0.307 e. The van der Waals surface area contributed by atoms with Gasteiger partial charge in [-0.1, -0.05) is 6.07 Å². The van der Waals surface area contributed by atoms with Crippen molar-refractivity contribution in [1.29, 1.82) is 0 Å². The molecule has 0 radical (unpaired) electrons. The van der Waals surface area contributed by atoms with Gasteiger partial charge in [-0.05, 0) is 56.4 Å². The van der Waals surface area contributed by atoms with E-state index in [-0.39, 0.29) is 6.04 Å². The van der Waals surface area contributed by atoms with Crippen LogP contribution in [0.2, 0.25) is 0 Å². The number of halogens is 2. The van der Waals surface area contributed by atoms with Crippen LogP contribution in [0.15, 0.2) is 38.7 Å². The van der Waals surface area contributed by atoms with E-state index in [4.69, 9.17) is 0 Å². The van der Waals surface area contributed by atoms with Crippen LogP contribution in [0.25, 0.3) is 0 Å². The Kier molecular flexibility index (Phi) is 4.13. The van der Waals surface area contributed by atoms with Crippen molar-refractivity contribution in [3.63, 3.8) is 0 Å². The number of hydrogen-bond acceptors (Lipinski definition) is 3. The summed E-state index contributed by atoms with van der Waals surface area (Å²) in [6.45, 7) is 0. The molecule has 0 bridgehead atoms. The van der Waals surface area contributed by atoms with Crippen LogP contribution in [0.1, 0.15) is 16.6 Å². The number of pyridine rings is 1. The number of rotatable bonds is 3. The Morgan fingerprint density at radius 2 is 2.25 bits per heavy atom. The van der Waals surface area contributed by atoms with Gasteiger partial charge >= 0.3 is 0 Å². The van der Waals surface area contributed by atoms with E-state index < -0.39 is 0 Å². The summed E-state index contributed by atoms with van der Waals surface area (Å²) in [5.41, 5.74) is 1.01. The Bertz CT molecular complexity index is 471. The maximum absolute atomic E-state index is 4.46. The predicted octanol–water partition coefficient (Wildman–Crippen LogP) is 3.98. The number of nitrogens with zero attached hydrogens (tertiary/aromatic N) is 1. The Morgan fingerprint density at radius 3 is 2.81 bits per heavy atom. The van der Waals surface area contributed by atoms with E-state index >= 15 is 0 Å². The Hall–Kier alpha value is -0.230. The molecule has 0 amide bonds. The van der Waals surface area contributed by atoms with Crippen LogP contribution < -0.4 is 5.32 Å². The summed E-state index contributed by atoms with van der Waals surface area (Å²) in [5.74, 6) is 0. The van der Waals surface area contributed by atoms with Crippen molar-refractivity contribution in [1.82, 2.24) is 10.3 Å². The SMILES string of the molecule is CNC(c1cccs1)c1ncc(Br)cc1Br. The molecule has 84 valence electrons. The first-order valence-electron chi connectivity index (χ1n) is 4.74. The highest BCUT2D eigenvalue weighted by Gasteiger charge is 2.17. The highest BCUT2D eigenvalue weighted by atomic mass is 79.9. The lowest BCUT2D eigenvalue weighted by Gasteiger charge is -2.15. The smallest absolute Gasteiger partial charge is 0.0854 e. The maximum atomic E-state index is 4.46. The van der Waals surface area contributed by atoms with Crippen molar-refractivity contribution in [3.05, 3.63) is 49.3 Å². The summed E-state index contributed by atoms with van der Waals surface area (Å²) < 4.78 is 1.98. The Labute approximate surface area is 115 Å². The van der Waals surface area contributed by atoms with Gasteiger partial charge < -0.3 is 5.32 Å². The summed E-state index contributed by atoms with van der Waals surface area (Å²) >= 11 is 8.68. The average Bonchev–Trinajstić information content (AvgIpc) is 2.75. The molecule has 1 unspecified atom stereocenters. The Morgan fingerprint density at radius 1 is 1.44 bits per heavy atom. The molecule has 0 spiro atoms. The second-order valence-corrected chi connectivity index (χ2v) is 6.01. The summed E-state index contributed by atoms with van der Waals surface area (Å²) in [5, 5.41) is 5.36. The van der Waals surface area contributed by atoms with Crippen molar-refractivity contribution >= 4 is 43.2 Å². The van der Waals surface area contributed by atoms with Crippen LogP contribution in [0.5, 0.6) is 0 Å². The molecule has 2 heterocycles. The van der Waals surface area contributed by atoms with Crippen LogP contribution in [-0.2, 0) is 0 Å². The van der Waals surface area contributed by atoms with Gasteiger partial charge in [-0.15, -0.1) is 11.3 Å². The molecule has 5 heteroatoms. The van der Waals surface area contributed by atoms with Gasteiger partial charge in [0.1, 0.15) is 0 Å². The molecule has 16 heavy (non-hydrogen) atoms. The van der Waals surface area contributed by atoms with Gasteiger partial charge in [0.2, 0.25) is 0 Å². The number of hydrogen-bond donors (Lipinski definition) is 1. The lowest BCUT2D eigenvalue weighted by Crippen LogP contribution is -2.18.